The molecule has 1 aromatic rings. The number of methoxy groups -OCH3 is 1. The number of carbonyl (C=O) groups excluding carboxylic acids is 1. The van der Waals surface area contributed by atoms with Crippen molar-refractivity contribution in [2.24, 2.45) is 0 Å². The van der Waals surface area contributed by atoms with Crippen LogP contribution in [-0.2, 0) is 4.79 Å². The molecule has 0 unspecified atom stereocenters. The van der Waals surface area contributed by atoms with Crippen LogP contribution in [0.25, 0.3) is 0 Å². The smallest absolute Gasteiger partial charge is 0.303 e. The molecule has 0 aromatic heterocycles. The predicted octanol–water partition coefficient (Wildman–Crippen LogP) is 2.60. The molecule has 0 saturated heterocycles. The zero-order valence-corrected chi connectivity index (χ0v) is 11.7. The van der Waals surface area contributed by atoms with Gasteiger partial charge in [-0.3, -0.25) is 9.59 Å². The number of aliphatic carboxylic acids is 1. The molecule has 5 nitrogen and oxygen atoms in total. The lowest BCUT2D eigenvalue weighted by molar-refractivity contribution is -0.137. The number of halogens is 2. The second-order valence-electron chi connectivity index (χ2n) is 3.73. The van der Waals surface area contributed by atoms with E-state index in [1.807, 2.05) is 0 Å². The number of ether oxygens (including phenoxy) is 1. The summed E-state index contributed by atoms with van der Waals surface area (Å²) in [5, 5.41) is 11.5. The first-order chi connectivity index (χ1) is 8.95. The summed E-state index contributed by atoms with van der Waals surface area (Å²) in [7, 11) is 1.43. The van der Waals surface area contributed by atoms with Gasteiger partial charge in [-0.05, 0) is 18.6 Å². The van der Waals surface area contributed by atoms with E-state index in [1.165, 1.54) is 19.2 Å². The van der Waals surface area contributed by atoms with Crippen molar-refractivity contribution in [2.75, 3.05) is 13.7 Å². The third-order valence-electron chi connectivity index (χ3n) is 2.32. The molecule has 1 amide bonds. The lowest BCUT2D eigenvalue weighted by atomic mass is 10.2. The van der Waals surface area contributed by atoms with E-state index in [9.17, 15) is 9.59 Å². The van der Waals surface area contributed by atoms with E-state index < -0.39 is 5.97 Å². The van der Waals surface area contributed by atoms with Gasteiger partial charge in [0, 0.05) is 18.5 Å². The fraction of sp³-hybridized carbons (Fsp3) is 0.333. The first kappa shape index (κ1) is 15.6. The third-order valence-corrected chi connectivity index (χ3v) is 2.88. The fourth-order valence-electron chi connectivity index (χ4n) is 1.43. The zero-order valence-electron chi connectivity index (χ0n) is 10.2. The average Bonchev–Trinajstić information content (AvgIpc) is 2.33. The van der Waals surface area contributed by atoms with Crippen molar-refractivity contribution < 1.29 is 19.4 Å². The minimum absolute atomic E-state index is 0.00437. The predicted molar refractivity (Wildman–Crippen MR) is 72.2 cm³/mol. The monoisotopic (exact) mass is 305 g/mol. The van der Waals surface area contributed by atoms with Crippen molar-refractivity contribution in [1.29, 1.82) is 0 Å². The summed E-state index contributed by atoms with van der Waals surface area (Å²) in [4.78, 5) is 22.1. The van der Waals surface area contributed by atoms with Crippen molar-refractivity contribution in [2.45, 2.75) is 12.8 Å². The molecule has 0 bridgehead atoms. The number of amides is 1. The van der Waals surface area contributed by atoms with E-state index in [1.54, 1.807) is 0 Å². The number of carbonyl (C=O) groups is 2. The molecule has 7 heteroatoms. The highest BCUT2D eigenvalue weighted by Gasteiger charge is 2.13. The van der Waals surface area contributed by atoms with Crippen LogP contribution in [0.5, 0.6) is 5.75 Å². The highest BCUT2D eigenvalue weighted by Crippen LogP contribution is 2.33. The molecule has 0 aliphatic heterocycles. The molecule has 0 spiro atoms. The highest BCUT2D eigenvalue weighted by molar-refractivity contribution is 6.37. The first-order valence-corrected chi connectivity index (χ1v) is 6.24. The number of carboxylic acids is 1. The van der Waals surface area contributed by atoms with Crippen molar-refractivity contribution in [3.8, 4) is 5.75 Å². The zero-order chi connectivity index (χ0) is 14.4. The van der Waals surface area contributed by atoms with Gasteiger partial charge in [0.2, 0.25) is 0 Å². The van der Waals surface area contributed by atoms with Crippen LogP contribution in [-0.4, -0.2) is 30.6 Å². The Kier molecular flexibility index (Phi) is 5.92. The second-order valence-corrected chi connectivity index (χ2v) is 4.54. The molecule has 0 fully saturated rings. The summed E-state index contributed by atoms with van der Waals surface area (Å²) in [6.07, 6.45) is 0.364. The molecule has 1 rings (SSSR count). The molecule has 0 aliphatic rings. The Morgan fingerprint density at radius 3 is 2.37 bits per heavy atom. The molecular weight excluding hydrogens is 293 g/mol. The first-order valence-electron chi connectivity index (χ1n) is 5.48. The lowest BCUT2D eigenvalue weighted by Crippen LogP contribution is -2.24. The Morgan fingerprint density at radius 1 is 1.32 bits per heavy atom. The van der Waals surface area contributed by atoms with Gasteiger partial charge in [-0.15, -0.1) is 0 Å². The van der Waals surface area contributed by atoms with Crippen molar-refractivity contribution >= 4 is 35.1 Å². The van der Waals surface area contributed by atoms with Crippen LogP contribution in [0.2, 0.25) is 10.0 Å². The van der Waals surface area contributed by atoms with Crippen LogP contribution in [0.15, 0.2) is 12.1 Å². The molecule has 1 aromatic carbocycles. The maximum absolute atomic E-state index is 11.8. The largest absolute Gasteiger partial charge is 0.494 e. The maximum Gasteiger partial charge on any atom is 0.303 e. The fourth-order valence-corrected chi connectivity index (χ4v) is 2.07. The van der Waals surface area contributed by atoms with E-state index in [0.717, 1.165) is 0 Å². The molecule has 0 atom stereocenters. The van der Waals surface area contributed by atoms with Crippen LogP contribution >= 0.6 is 23.2 Å². The number of hydrogen-bond donors (Lipinski definition) is 2. The van der Waals surface area contributed by atoms with Crippen molar-refractivity contribution in [3.05, 3.63) is 27.7 Å². The van der Waals surface area contributed by atoms with Gasteiger partial charge >= 0.3 is 5.97 Å². The minimum Gasteiger partial charge on any atom is -0.494 e. The van der Waals surface area contributed by atoms with Gasteiger partial charge in [-0.25, -0.2) is 0 Å². The Labute approximate surface area is 120 Å². The molecule has 19 heavy (non-hydrogen) atoms. The van der Waals surface area contributed by atoms with Gasteiger partial charge in [-0.1, -0.05) is 23.2 Å². The Balaban J connectivity index is 2.65. The highest BCUT2D eigenvalue weighted by atomic mass is 35.5. The maximum atomic E-state index is 11.8. The van der Waals surface area contributed by atoms with Crippen LogP contribution in [0.1, 0.15) is 23.2 Å². The van der Waals surface area contributed by atoms with Crippen LogP contribution in [0.3, 0.4) is 0 Å². The molecule has 0 saturated carbocycles. The van der Waals surface area contributed by atoms with Gasteiger partial charge in [0.1, 0.15) is 0 Å². The second kappa shape index (κ2) is 7.21. The summed E-state index contributed by atoms with van der Waals surface area (Å²) in [5.74, 6) is -0.951. The standard InChI is InChI=1S/C12H13Cl2NO4/c1-19-11-8(13)5-7(6-9(11)14)12(18)15-4-2-3-10(16)17/h5-6H,2-4H2,1H3,(H,15,18)(H,16,17). The van der Waals surface area contributed by atoms with Crippen LogP contribution in [0.4, 0.5) is 0 Å². The van der Waals surface area contributed by atoms with Gasteiger partial charge < -0.3 is 15.2 Å². The van der Waals surface area contributed by atoms with E-state index in [2.05, 4.69) is 5.32 Å². The van der Waals surface area contributed by atoms with Crippen molar-refractivity contribution in [3.63, 3.8) is 0 Å². The summed E-state index contributed by atoms with van der Waals surface area (Å²) in [6, 6.07) is 2.89. The summed E-state index contributed by atoms with van der Waals surface area (Å²) >= 11 is 11.8. The molecule has 0 heterocycles. The number of hydrogen-bond acceptors (Lipinski definition) is 3. The Hall–Kier alpha value is -1.46. The third kappa shape index (κ3) is 4.61. The summed E-state index contributed by atoms with van der Waals surface area (Å²) in [6.45, 7) is 0.270. The van der Waals surface area contributed by atoms with Gasteiger partial charge in [0.25, 0.3) is 5.91 Å². The van der Waals surface area contributed by atoms with Gasteiger partial charge in [0.05, 0.1) is 17.2 Å². The van der Waals surface area contributed by atoms with Gasteiger partial charge in [-0.2, -0.15) is 0 Å². The van der Waals surface area contributed by atoms with Crippen molar-refractivity contribution in [1.82, 2.24) is 5.32 Å². The number of benzene rings is 1. The topological polar surface area (TPSA) is 75.6 Å². The van der Waals surface area contributed by atoms with Crippen LogP contribution in [0, 0.1) is 0 Å². The number of carboxylic acid groups (broad SMARTS) is 1. The molecular formula is C12H13Cl2NO4. The molecule has 0 aliphatic carbocycles. The van der Waals surface area contributed by atoms with E-state index in [0.29, 0.717) is 17.7 Å². The minimum atomic E-state index is -0.898. The lowest BCUT2D eigenvalue weighted by Gasteiger charge is -2.09. The Morgan fingerprint density at radius 2 is 1.89 bits per heavy atom. The SMILES string of the molecule is COc1c(Cl)cc(C(=O)NCCCC(=O)O)cc1Cl. The van der Waals surface area contributed by atoms with Crippen LogP contribution < -0.4 is 10.1 Å². The molecule has 104 valence electrons. The molecule has 0 radical (unpaired) electrons. The number of nitrogens with one attached hydrogen (secondary N) is 1. The van der Waals surface area contributed by atoms with E-state index in [4.69, 9.17) is 33.0 Å². The van der Waals surface area contributed by atoms with E-state index in [-0.39, 0.29) is 28.9 Å². The normalized spacial score (nSPS) is 10.1. The Bertz CT molecular complexity index is 468. The quantitative estimate of drug-likeness (QED) is 0.792. The summed E-state index contributed by atoms with van der Waals surface area (Å²) < 4.78 is 4.97. The molecule has 2 N–H and O–H groups in total. The number of rotatable bonds is 6. The van der Waals surface area contributed by atoms with Gasteiger partial charge in [0.15, 0.2) is 5.75 Å². The average molecular weight is 306 g/mol. The summed E-state index contributed by atoms with van der Waals surface area (Å²) in [5.41, 5.74) is 0.297. The van der Waals surface area contributed by atoms with E-state index >= 15 is 0 Å².